The molecule has 154 valence electrons. The number of carbonyl (C=O) groups is 3. The van der Waals surface area contributed by atoms with Gasteiger partial charge in [-0.1, -0.05) is 12.1 Å². The normalized spacial score (nSPS) is 9.93. The van der Waals surface area contributed by atoms with Crippen LogP contribution >= 0.6 is 15.9 Å². The third-order valence-electron chi connectivity index (χ3n) is 3.77. The van der Waals surface area contributed by atoms with Crippen LogP contribution in [0.15, 0.2) is 40.9 Å². The van der Waals surface area contributed by atoms with Crippen molar-refractivity contribution in [1.82, 2.24) is 16.2 Å². The zero-order chi connectivity index (χ0) is 21.4. The molecular formula is C19H20BrN3O6. The zero-order valence-corrected chi connectivity index (χ0v) is 17.6. The second-order valence-corrected chi connectivity index (χ2v) is 6.43. The van der Waals surface area contributed by atoms with E-state index in [9.17, 15) is 14.4 Å². The van der Waals surface area contributed by atoms with Gasteiger partial charge < -0.3 is 19.5 Å². The Hall–Kier alpha value is -3.27. The van der Waals surface area contributed by atoms with Gasteiger partial charge in [-0.2, -0.15) is 0 Å². The predicted molar refractivity (Wildman–Crippen MR) is 108 cm³/mol. The minimum absolute atomic E-state index is 0.213. The van der Waals surface area contributed by atoms with Crippen molar-refractivity contribution in [3.05, 3.63) is 52.0 Å². The Morgan fingerprint density at radius 3 is 2.07 bits per heavy atom. The molecule has 0 aromatic heterocycles. The third kappa shape index (κ3) is 5.61. The second-order valence-electron chi connectivity index (χ2n) is 5.58. The van der Waals surface area contributed by atoms with Crippen LogP contribution in [0.1, 0.15) is 20.7 Å². The summed E-state index contributed by atoms with van der Waals surface area (Å²) in [7, 11) is 4.31. The molecule has 10 heteroatoms. The fraction of sp³-hybridized carbons (Fsp3) is 0.211. The van der Waals surface area contributed by atoms with E-state index in [1.54, 1.807) is 24.3 Å². The Balaban J connectivity index is 1.94. The van der Waals surface area contributed by atoms with Gasteiger partial charge in [-0.05, 0) is 40.2 Å². The van der Waals surface area contributed by atoms with Crippen molar-refractivity contribution in [2.45, 2.75) is 0 Å². The van der Waals surface area contributed by atoms with Gasteiger partial charge in [-0.25, -0.2) is 0 Å². The van der Waals surface area contributed by atoms with Gasteiger partial charge in [0, 0.05) is 10.0 Å². The van der Waals surface area contributed by atoms with Crippen molar-refractivity contribution in [3.63, 3.8) is 0 Å². The first-order valence-corrected chi connectivity index (χ1v) is 9.12. The van der Waals surface area contributed by atoms with Crippen LogP contribution in [0.4, 0.5) is 0 Å². The molecule has 3 amide bonds. The average molecular weight is 466 g/mol. The molecule has 0 bridgehead atoms. The predicted octanol–water partition coefficient (Wildman–Crippen LogP) is 1.67. The molecule has 0 unspecified atom stereocenters. The molecule has 0 atom stereocenters. The topological polar surface area (TPSA) is 115 Å². The van der Waals surface area contributed by atoms with Crippen LogP contribution in [0.2, 0.25) is 0 Å². The monoisotopic (exact) mass is 465 g/mol. The highest BCUT2D eigenvalue weighted by Crippen LogP contribution is 2.38. The summed E-state index contributed by atoms with van der Waals surface area (Å²) in [4.78, 5) is 36.3. The van der Waals surface area contributed by atoms with Gasteiger partial charge in [0.05, 0.1) is 33.4 Å². The Labute approximate surface area is 175 Å². The molecule has 0 fully saturated rings. The number of carbonyl (C=O) groups excluding carboxylic acids is 3. The van der Waals surface area contributed by atoms with Gasteiger partial charge in [0.25, 0.3) is 17.7 Å². The lowest BCUT2D eigenvalue weighted by Gasteiger charge is -2.14. The summed E-state index contributed by atoms with van der Waals surface area (Å²) in [5.74, 6) is -0.673. The fourth-order valence-electron chi connectivity index (χ4n) is 2.36. The maximum absolute atomic E-state index is 12.4. The first kappa shape index (κ1) is 22.0. The third-order valence-corrected chi connectivity index (χ3v) is 4.46. The summed E-state index contributed by atoms with van der Waals surface area (Å²) >= 11 is 3.25. The van der Waals surface area contributed by atoms with Crippen molar-refractivity contribution >= 4 is 33.7 Å². The summed E-state index contributed by atoms with van der Waals surface area (Å²) in [5, 5.41) is 2.45. The highest BCUT2D eigenvalue weighted by Gasteiger charge is 2.17. The van der Waals surface area contributed by atoms with Crippen molar-refractivity contribution < 1.29 is 28.6 Å². The second kappa shape index (κ2) is 10.3. The molecule has 0 aliphatic heterocycles. The standard InChI is InChI=1S/C19H20BrN3O6/c1-27-14-8-11(9-15(28-2)17(14)29-3)18(25)21-10-16(24)22-23-19(26)12-6-4-5-7-13(12)20/h4-9H,10H2,1-3H3,(H,21,25)(H,22,24)(H,23,26). The number of methoxy groups -OCH3 is 3. The van der Waals surface area contributed by atoms with E-state index in [-0.39, 0.29) is 12.1 Å². The number of hydrazine groups is 1. The highest BCUT2D eigenvalue weighted by atomic mass is 79.9. The van der Waals surface area contributed by atoms with E-state index in [4.69, 9.17) is 14.2 Å². The van der Waals surface area contributed by atoms with E-state index in [0.29, 0.717) is 27.3 Å². The Morgan fingerprint density at radius 2 is 1.52 bits per heavy atom. The zero-order valence-electron chi connectivity index (χ0n) is 16.0. The van der Waals surface area contributed by atoms with Gasteiger partial charge in [-0.3, -0.25) is 25.2 Å². The lowest BCUT2D eigenvalue weighted by atomic mass is 10.1. The van der Waals surface area contributed by atoms with E-state index in [1.807, 2.05) is 0 Å². The van der Waals surface area contributed by atoms with Crippen molar-refractivity contribution in [1.29, 1.82) is 0 Å². The maximum atomic E-state index is 12.4. The minimum Gasteiger partial charge on any atom is -0.493 e. The molecule has 2 rings (SSSR count). The molecule has 0 saturated carbocycles. The van der Waals surface area contributed by atoms with E-state index < -0.39 is 17.7 Å². The minimum atomic E-state index is -0.605. The molecule has 0 radical (unpaired) electrons. The summed E-state index contributed by atoms with van der Waals surface area (Å²) in [5.41, 5.74) is 5.08. The van der Waals surface area contributed by atoms with Crippen molar-refractivity contribution in [3.8, 4) is 17.2 Å². The number of hydrogen-bond acceptors (Lipinski definition) is 6. The molecule has 0 aliphatic carbocycles. The number of rotatable bonds is 7. The molecule has 2 aromatic rings. The van der Waals surface area contributed by atoms with E-state index >= 15 is 0 Å². The number of benzene rings is 2. The number of hydrogen-bond donors (Lipinski definition) is 3. The molecule has 29 heavy (non-hydrogen) atoms. The van der Waals surface area contributed by atoms with E-state index in [1.165, 1.54) is 33.5 Å². The average Bonchev–Trinajstić information content (AvgIpc) is 2.74. The molecule has 0 spiro atoms. The van der Waals surface area contributed by atoms with Crippen LogP contribution in [-0.2, 0) is 4.79 Å². The Morgan fingerprint density at radius 1 is 0.897 bits per heavy atom. The molecule has 9 nitrogen and oxygen atoms in total. The molecule has 0 aliphatic rings. The number of ether oxygens (including phenoxy) is 3. The van der Waals surface area contributed by atoms with E-state index in [2.05, 4.69) is 32.1 Å². The largest absolute Gasteiger partial charge is 0.493 e. The molecule has 2 aromatic carbocycles. The number of nitrogens with one attached hydrogen (secondary N) is 3. The molecular weight excluding hydrogens is 446 g/mol. The van der Waals surface area contributed by atoms with E-state index in [0.717, 1.165) is 0 Å². The SMILES string of the molecule is COc1cc(C(=O)NCC(=O)NNC(=O)c2ccccc2Br)cc(OC)c1OC. The van der Waals surface area contributed by atoms with Crippen LogP contribution in [0.5, 0.6) is 17.2 Å². The quantitative estimate of drug-likeness (QED) is 0.535. The summed E-state index contributed by atoms with van der Waals surface area (Å²) in [6.45, 7) is -0.355. The van der Waals surface area contributed by atoms with Gasteiger partial charge >= 0.3 is 0 Å². The highest BCUT2D eigenvalue weighted by molar-refractivity contribution is 9.10. The van der Waals surface area contributed by atoms with Crippen LogP contribution in [0.3, 0.4) is 0 Å². The molecule has 3 N–H and O–H groups in total. The van der Waals surface area contributed by atoms with Crippen LogP contribution in [0.25, 0.3) is 0 Å². The van der Waals surface area contributed by atoms with Gasteiger partial charge in [-0.15, -0.1) is 0 Å². The smallest absolute Gasteiger partial charge is 0.270 e. The lowest BCUT2D eigenvalue weighted by Crippen LogP contribution is -2.46. The Kier molecular flexibility index (Phi) is 7.84. The lowest BCUT2D eigenvalue weighted by molar-refractivity contribution is -0.120. The first-order valence-electron chi connectivity index (χ1n) is 8.33. The van der Waals surface area contributed by atoms with Gasteiger partial charge in [0.1, 0.15) is 0 Å². The number of amides is 3. The number of halogens is 1. The summed E-state index contributed by atoms with van der Waals surface area (Å²) in [6, 6.07) is 9.68. The summed E-state index contributed by atoms with van der Waals surface area (Å²) in [6.07, 6.45) is 0. The molecule has 0 saturated heterocycles. The van der Waals surface area contributed by atoms with Gasteiger partial charge in [0.15, 0.2) is 11.5 Å². The van der Waals surface area contributed by atoms with Crippen LogP contribution < -0.4 is 30.4 Å². The first-order chi connectivity index (χ1) is 13.9. The van der Waals surface area contributed by atoms with Gasteiger partial charge in [0.2, 0.25) is 5.75 Å². The van der Waals surface area contributed by atoms with Crippen molar-refractivity contribution in [2.24, 2.45) is 0 Å². The van der Waals surface area contributed by atoms with Crippen molar-refractivity contribution in [2.75, 3.05) is 27.9 Å². The van der Waals surface area contributed by atoms with Crippen LogP contribution in [0, 0.1) is 0 Å². The summed E-state index contributed by atoms with van der Waals surface area (Å²) < 4.78 is 16.2. The molecule has 0 heterocycles. The van der Waals surface area contributed by atoms with Crippen LogP contribution in [-0.4, -0.2) is 45.6 Å². The maximum Gasteiger partial charge on any atom is 0.270 e. The fourth-order valence-corrected chi connectivity index (χ4v) is 2.82. The Bertz CT molecular complexity index is 894.